The van der Waals surface area contributed by atoms with E-state index in [1.165, 1.54) is 12.0 Å². The molecule has 0 aliphatic carbocycles. The fourth-order valence-corrected chi connectivity index (χ4v) is 1.83. The number of amides is 1. The Kier molecular flexibility index (Phi) is 5.53. The number of carboxylic acid groups (broad SMARTS) is 1. The molecule has 1 amide bonds. The van der Waals surface area contributed by atoms with Crippen LogP contribution in [0.3, 0.4) is 0 Å². The molecule has 110 valence electrons. The van der Waals surface area contributed by atoms with Gasteiger partial charge in [0.15, 0.2) is 0 Å². The van der Waals surface area contributed by atoms with Gasteiger partial charge < -0.3 is 9.84 Å². The van der Waals surface area contributed by atoms with Crippen LogP contribution in [0.1, 0.15) is 20.3 Å². The van der Waals surface area contributed by atoms with Crippen molar-refractivity contribution >= 4 is 29.2 Å². The summed E-state index contributed by atoms with van der Waals surface area (Å²) < 4.78 is 5.25. The van der Waals surface area contributed by atoms with Gasteiger partial charge in [-0.3, -0.25) is 14.5 Å². The molecule has 0 fully saturated rings. The molecule has 5 nitrogen and oxygen atoms in total. The molecule has 0 aliphatic heterocycles. The molecule has 0 radical (unpaired) electrons. The second-order valence-electron chi connectivity index (χ2n) is 4.55. The number of methoxy groups -OCH3 is 1. The van der Waals surface area contributed by atoms with Crippen molar-refractivity contribution in [2.45, 2.75) is 25.9 Å². The van der Waals surface area contributed by atoms with E-state index in [-0.39, 0.29) is 0 Å². The molecule has 1 aromatic carbocycles. The van der Waals surface area contributed by atoms with Gasteiger partial charge in [0, 0.05) is 17.8 Å². The second-order valence-corrected chi connectivity index (χ2v) is 4.99. The van der Waals surface area contributed by atoms with Crippen molar-refractivity contribution in [1.29, 1.82) is 0 Å². The number of hydrogen-bond donors (Lipinski definition) is 1. The zero-order chi connectivity index (χ0) is 15.3. The van der Waals surface area contributed by atoms with Crippen LogP contribution in [-0.4, -0.2) is 36.2 Å². The number of carboxylic acids is 1. The predicted molar refractivity (Wildman–Crippen MR) is 77.1 cm³/mol. The van der Waals surface area contributed by atoms with Gasteiger partial charge in [-0.05, 0) is 37.6 Å². The van der Waals surface area contributed by atoms with Crippen molar-refractivity contribution in [3.8, 4) is 0 Å². The molecule has 1 rings (SSSR count). The first kappa shape index (κ1) is 16.5. The maximum Gasteiger partial charge on any atom is 0.323 e. The highest BCUT2D eigenvalue weighted by Gasteiger charge is 2.36. The van der Waals surface area contributed by atoms with Crippen molar-refractivity contribution in [3.63, 3.8) is 0 Å². The molecule has 0 aromatic heterocycles. The SMILES string of the molecule is CCC(C)(OC)C(=O)N(CC(=O)O)c1ccc(Cl)cc1. The molecular formula is C14H18ClNO4. The average molecular weight is 300 g/mol. The Labute approximate surface area is 123 Å². The Morgan fingerprint density at radius 1 is 1.35 bits per heavy atom. The molecule has 1 unspecified atom stereocenters. The van der Waals surface area contributed by atoms with Gasteiger partial charge >= 0.3 is 5.97 Å². The molecule has 0 saturated heterocycles. The fraction of sp³-hybridized carbons (Fsp3) is 0.429. The molecule has 0 spiro atoms. The van der Waals surface area contributed by atoms with Gasteiger partial charge in [0.2, 0.25) is 0 Å². The standard InChI is InChI=1S/C14H18ClNO4/c1-4-14(2,20-3)13(19)16(9-12(17)18)11-7-5-10(15)6-8-11/h5-8H,4,9H2,1-3H3,(H,17,18). The molecule has 0 saturated carbocycles. The molecule has 1 atom stereocenters. The largest absolute Gasteiger partial charge is 0.480 e. The van der Waals surface area contributed by atoms with Crippen LogP contribution in [0.15, 0.2) is 24.3 Å². The van der Waals surface area contributed by atoms with Crippen molar-refractivity contribution in [2.24, 2.45) is 0 Å². The predicted octanol–water partition coefficient (Wildman–Crippen LogP) is 2.57. The van der Waals surface area contributed by atoms with Crippen molar-refractivity contribution < 1.29 is 19.4 Å². The summed E-state index contributed by atoms with van der Waals surface area (Å²) in [5, 5.41) is 9.51. The lowest BCUT2D eigenvalue weighted by atomic mass is 10.0. The zero-order valence-corrected chi connectivity index (χ0v) is 12.5. The highest BCUT2D eigenvalue weighted by molar-refractivity contribution is 6.30. The van der Waals surface area contributed by atoms with Crippen LogP contribution in [0.5, 0.6) is 0 Å². The minimum atomic E-state index is -1.09. The third-order valence-electron chi connectivity index (χ3n) is 3.25. The smallest absolute Gasteiger partial charge is 0.323 e. The van der Waals surface area contributed by atoms with Crippen LogP contribution in [0.4, 0.5) is 5.69 Å². The van der Waals surface area contributed by atoms with E-state index in [2.05, 4.69) is 0 Å². The maximum atomic E-state index is 12.6. The van der Waals surface area contributed by atoms with Gasteiger partial charge in [-0.15, -0.1) is 0 Å². The first-order valence-electron chi connectivity index (χ1n) is 6.18. The second kappa shape index (κ2) is 6.72. The van der Waals surface area contributed by atoms with Gasteiger partial charge in [-0.1, -0.05) is 18.5 Å². The molecule has 1 aromatic rings. The number of rotatable bonds is 6. The monoisotopic (exact) mass is 299 g/mol. The lowest BCUT2D eigenvalue weighted by Gasteiger charge is -2.32. The van der Waals surface area contributed by atoms with Crippen molar-refractivity contribution in [2.75, 3.05) is 18.6 Å². The number of carbonyl (C=O) groups is 2. The number of carbonyl (C=O) groups excluding carboxylic acids is 1. The van der Waals surface area contributed by atoms with E-state index >= 15 is 0 Å². The Balaban J connectivity index is 3.15. The van der Waals surface area contributed by atoms with Crippen LogP contribution in [0.25, 0.3) is 0 Å². The molecule has 0 heterocycles. The van der Waals surface area contributed by atoms with Crippen LogP contribution < -0.4 is 4.90 Å². The Bertz CT molecular complexity index is 482. The minimum Gasteiger partial charge on any atom is -0.480 e. The average Bonchev–Trinajstić information content (AvgIpc) is 2.44. The number of anilines is 1. The Morgan fingerprint density at radius 3 is 2.30 bits per heavy atom. The lowest BCUT2D eigenvalue weighted by molar-refractivity contribution is -0.142. The third-order valence-corrected chi connectivity index (χ3v) is 3.51. The van der Waals surface area contributed by atoms with E-state index in [0.29, 0.717) is 17.1 Å². The fourth-order valence-electron chi connectivity index (χ4n) is 1.70. The summed E-state index contributed by atoms with van der Waals surface area (Å²) in [4.78, 5) is 24.7. The van der Waals surface area contributed by atoms with E-state index in [9.17, 15) is 9.59 Å². The summed E-state index contributed by atoms with van der Waals surface area (Å²) in [7, 11) is 1.43. The van der Waals surface area contributed by atoms with Crippen molar-refractivity contribution in [3.05, 3.63) is 29.3 Å². The van der Waals surface area contributed by atoms with Gasteiger partial charge in [0.25, 0.3) is 5.91 Å². The van der Waals surface area contributed by atoms with E-state index in [4.69, 9.17) is 21.4 Å². The summed E-state index contributed by atoms with van der Waals surface area (Å²) in [5.41, 5.74) is -0.590. The first-order valence-corrected chi connectivity index (χ1v) is 6.56. The van der Waals surface area contributed by atoms with Crippen LogP contribution in [-0.2, 0) is 14.3 Å². The summed E-state index contributed by atoms with van der Waals surface area (Å²) in [6, 6.07) is 6.42. The number of nitrogens with zero attached hydrogens (tertiary/aromatic N) is 1. The summed E-state index contributed by atoms with van der Waals surface area (Å²) >= 11 is 5.80. The lowest BCUT2D eigenvalue weighted by Crippen LogP contribution is -2.50. The third kappa shape index (κ3) is 3.71. The number of benzene rings is 1. The number of aliphatic carboxylic acids is 1. The van der Waals surface area contributed by atoms with E-state index in [1.807, 2.05) is 6.92 Å². The topological polar surface area (TPSA) is 66.8 Å². The number of ether oxygens (including phenoxy) is 1. The molecule has 0 bridgehead atoms. The number of hydrogen-bond acceptors (Lipinski definition) is 3. The van der Waals surface area contributed by atoms with Gasteiger partial charge in [-0.2, -0.15) is 0 Å². The Morgan fingerprint density at radius 2 is 1.90 bits per heavy atom. The Hall–Kier alpha value is -1.59. The highest BCUT2D eigenvalue weighted by Crippen LogP contribution is 2.24. The van der Waals surface area contributed by atoms with E-state index in [1.54, 1.807) is 31.2 Å². The molecule has 20 heavy (non-hydrogen) atoms. The molecule has 6 heteroatoms. The van der Waals surface area contributed by atoms with E-state index < -0.39 is 24.0 Å². The summed E-state index contributed by atoms with van der Waals surface area (Å²) in [5.74, 6) is -1.49. The normalized spacial score (nSPS) is 13.6. The molecule has 0 aliphatic rings. The minimum absolute atomic E-state index is 0.396. The summed E-state index contributed by atoms with van der Waals surface area (Å²) in [6.07, 6.45) is 0.437. The quantitative estimate of drug-likeness (QED) is 0.876. The van der Waals surface area contributed by atoms with Crippen LogP contribution in [0, 0.1) is 0 Å². The van der Waals surface area contributed by atoms with Crippen molar-refractivity contribution in [1.82, 2.24) is 0 Å². The zero-order valence-electron chi connectivity index (χ0n) is 11.7. The maximum absolute atomic E-state index is 12.6. The van der Waals surface area contributed by atoms with Crippen LogP contribution in [0.2, 0.25) is 5.02 Å². The molecular weight excluding hydrogens is 282 g/mol. The van der Waals surface area contributed by atoms with Gasteiger partial charge in [0.1, 0.15) is 12.1 Å². The van der Waals surface area contributed by atoms with Gasteiger partial charge in [0.05, 0.1) is 0 Å². The van der Waals surface area contributed by atoms with E-state index in [0.717, 1.165) is 0 Å². The molecule has 1 N–H and O–H groups in total. The first-order chi connectivity index (χ1) is 9.34. The van der Waals surface area contributed by atoms with Crippen LogP contribution >= 0.6 is 11.6 Å². The summed E-state index contributed by atoms with van der Waals surface area (Å²) in [6.45, 7) is 3.02. The number of halogens is 1. The highest BCUT2D eigenvalue weighted by atomic mass is 35.5. The van der Waals surface area contributed by atoms with Gasteiger partial charge in [-0.25, -0.2) is 0 Å².